The van der Waals surface area contributed by atoms with Gasteiger partial charge in [0.1, 0.15) is 11.6 Å². The molecule has 0 bridgehead atoms. The number of carboxylic acids is 1. The highest BCUT2D eigenvalue weighted by molar-refractivity contribution is 5.86. The quantitative estimate of drug-likeness (QED) is 0.215. The van der Waals surface area contributed by atoms with Gasteiger partial charge in [-0.15, -0.1) is 0 Å². The van der Waals surface area contributed by atoms with E-state index in [9.17, 15) is 14.4 Å². The first-order valence-corrected chi connectivity index (χ1v) is 12.0. The van der Waals surface area contributed by atoms with E-state index in [2.05, 4.69) is 12.2 Å². The smallest absolute Gasteiger partial charge is 0.329 e. The Kier molecular flexibility index (Phi) is 17.0. The highest BCUT2D eigenvalue weighted by Gasteiger charge is 2.26. The molecule has 0 rings (SSSR count). The van der Waals surface area contributed by atoms with Crippen molar-refractivity contribution >= 4 is 17.8 Å². The molecule has 31 heavy (non-hydrogen) atoms. The molecule has 2 N–H and O–H groups in total. The van der Waals surface area contributed by atoms with Crippen molar-refractivity contribution < 1.29 is 29.0 Å². The zero-order valence-electron chi connectivity index (χ0n) is 20.2. The number of aliphatic carboxylic acids is 1. The molecule has 0 spiro atoms. The summed E-state index contributed by atoms with van der Waals surface area (Å²) in [6.07, 6.45) is 12.4. The van der Waals surface area contributed by atoms with Crippen molar-refractivity contribution in [2.45, 2.75) is 123 Å². The molecular weight excluding hydrogens is 398 g/mol. The van der Waals surface area contributed by atoms with Gasteiger partial charge in [-0.3, -0.25) is 9.59 Å². The lowest BCUT2D eigenvalue weighted by molar-refractivity contribution is -0.159. The number of hydrogen-bond donors (Lipinski definition) is 2. The summed E-state index contributed by atoms with van der Waals surface area (Å²) in [5, 5.41) is 11.3. The normalized spacial score (nSPS) is 12.4. The Balaban J connectivity index is 4.04. The molecule has 182 valence electrons. The molecule has 0 aliphatic carbocycles. The first-order chi connectivity index (χ1) is 14.7. The van der Waals surface area contributed by atoms with Crippen LogP contribution in [-0.2, 0) is 23.9 Å². The van der Waals surface area contributed by atoms with E-state index in [0.717, 1.165) is 12.8 Å². The minimum absolute atomic E-state index is 0.173. The number of carbonyl (C=O) groups excluding carboxylic acids is 2. The first kappa shape index (κ1) is 29.4. The van der Waals surface area contributed by atoms with Crippen LogP contribution in [0.1, 0.15) is 111 Å². The predicted octanol–water partition coefficient (Wildman–Crippen LogP) is 5.01. The van der Waals surface area contributed by atoms with Gasteiger partial charge < -0.3 is 19.9 Å². The standard InChI is InChI=1S/C24H45NO6/c1-5-6-7-8-9-10-11-12-13-14-18-30-19-17-20(23(29)31-24(2,3)4)25-21(26)15-16-22(27)28/h20H,5-19H2,1-4H3,(H,25,26)(H,27,28). The van der Waals surface area contributed by atoms with Gasteiger partial charge in [0.2, 0.25) is 5.91 Å². The highest BCUT2D eigenvalue weighted by Crippen LogP contribution is 2.12. The van der Waals surface area contributed by atoms with Crippen LogP contribution in [0.3, 0.4) is 0 Å². The van der Waals surface area contributed by atoms with Gasteiger partial charge in [0.05, 0.1) is 6.42 Å². The molecule has 7 heteroatoms. The Bertz CT molecular complexity index is 501. The minimum atomic E-state index is -1.05. The summed E-state index contributed by atoms with van der Waals surface area (Å²) in [6, 6.07) is -0.840. The number of nitrogens with one attached hydrogen (secondary N) is 1. The fourth-order valence-corrected chi connectivity index (χ4v) is 3.10. The predicted molar refractivity (Wildman–Crippen MR) is 122 cm³/mol. The van der Waals surface area contributed by atoms with Crippen molar-refractivity contribution in [1.29, 1.82) is 0 Å². The van der Waals surface area contributed by atoms with E-state index in [0.29, 0.717) is 19.6 Å². The molecule has 0 fully saturated rings. The third kappa shape index (κ3) is 20.0. The van der Waals surface area contributed by atoms with Gasteiger partial charge in [-0.1, -0.05) is 64.7 Å². The Morgan fingerprint density at radius 1 is 0.839 bits per heavy atom. The summed E-state index contributed by atoms with van der Waals surface area (Å²) >= 11 is 0. The van der Waals surface area contributed by atoms with Crippen LogP contribution in [0, 0.1) is 0 Å². The van der Waals surface area contributed by atoms with Crippen LogP contribution in [0.4, 0.5) is 0 Å². The molecule has 1 amide bonds. The average Bonchev–Trinajstić information content (AvgIpc) is 2.67. The summed E-state index contributed by atoms with van der Waals surface area (Å²) in [7, 11) is 0. The summed E-state index contributed by atoms with van der Waals surface area (Å²) in [6.45, 7) is 8.48. The molecule has 0 aliphatic rings. The summed E-state index contributed by atoms with van der Waals surface area (Å²) in [5.41, 5.74) is -0.669. The van der Waals surface area contributed by atoms with Crippen molar-refractivity contribution in [3.05, 3.63) is 0 Å². The molecule has 1 atom stereocenters. The van der Waals surface area contributed by atoms with Crippen LogP contribution in [0.25, 0.3) is 0 Å². The van der Waals surface area contributed by atoms with Gasteiger partial charge >= 0.3 is 11.9 Å². The molecule has 0 aromatic heterocycles. The number of carboxylic acid groups (broad SMARTS) is 1. The Hall–Kier alpha value is -1.63. The average molecular weight is 444 g/mol. The van der Waals surface area contributed by atoms with E-state index >= 15 is 0 Å². The second-order valence-corrected chi connectivity index (χ2v) is 9.13. The zero-order valence-corrected chi connectivity index (χ0v) is 20.2. The van der Waals surface area contributed by atoms with Crippen LogP contribution in [0.15, 0.2) is 0 Å². The SMILES string of the molecule is CCCCCCCCCCCCOCCC(NC(=O)CCC(=O)O)C(=O)OC(C)(C)C. The van der Waals surface area contributed by atoms with Gasteiger partial charge in [0.25, 0.3) is 0 Å². The number of esters is 1. The van der Waals surface area contributed by atoms with Gasteiger partial charge in [-0.05, 0) is 27.2 Å². The third-order valence-electron chi connectivity index (χ3n) is 4.79. The number of hydrogen-bond acceptors (Lipinski definition) is 5. The number of rotatable bonds is 19. The van der Waals surface area contributed by atoms with Crippen molar-refractivity contribution in [1.82, 2.24) is 5.32 Å². The molecule has 0 aromatic carbocycles. The topological polar surface area (TPSA) is 102 Å². The lowest BCUT2D eigenvalue weighted by Crippen LogP contribution is -2.44. The molecule has 0 aromatic rings. The fourth-order valence-electron chi connectivity index (χ4n) is 3.10. The molecule has 0 aliphatic heterocycles. The second kappa shape index (κ2) is 18.0. The molecule has 0 heterocycles. The Morgan fingerprint density at radius 2 is 1.39 bits per heavy atom. The molecule has 0 saturated heterocycles. The van der Waals surface area contributed by atoms with Gasteiger partial charge in [-0.25, -0.2) is 4.79 Å². The van der Waals surface area contributed by atoms with Gasteiger partial charge in [-0.2, -0.15) is 0 Å². The Morgan fingerprint density at radius 3 is 1.90 bits per heavy atom. The number of ether oxygens (including phenoxy) is 2. The number of unbranched alkanes of at least 4 members (excludes halogenated alkanes) is 9. The maximum absolute atomic E-state index is 12.4. The van der Waals surface area contributed by atoms with E-state index in [-0.39, 0.29) is 12.8 Å². The highest BCUT2D eigenvalue weighted by atomic mass is 16.6. The first-order valence-electron chi connectivity index (χ1n) is 12.0. The molecular formula is C24H45NO6. The van der Waals surface area contributed by atoms with E-state index < -0.39 is 29.5 Å². The molecule has 1 unspecified atom stereocenters. The fraction of sp³-hybridized carbons (Fsp3) is 0.875. The van der Waals surface area contributed by atoms with Crippen LogP contribution < -0.4 is 5.32 Å². The zero-order chi connectivity index (χ0) is 23.5. The maximum atomic E-state index is 12.4. The monoisotopic (exact) mass is 443 g/mol. The van der Waals surface area contributed by atoms with Gasteiger partial charge in [0.15, 0.2) is 0 Å². The van der Waals surface area contributed by atoms with Crippen molar-refractivity contribution in [3.63, 3.8) is 0 Å². The van der Waals surface area contributed by atoms with Crippen molar-refractivity contribution in [2.24, 2.45) is 0 Å². The minimum Gasteiger partial charge on any atom is -0.481 e. The number of carbonyl (C=O) groups is 3. The van der Waals surface area contributed by atoms with Crippen molar-refractivity contribution in [2.75, 3.05) is 13.2 Å². The third-order valence-corrected chi connectivity index (χ3v) is 4.79. The van der Waals surface area contributed by atoms with E-state index in [1.54, 1.807) is 20.8 Å². The lowest BCUT2D eigenvalue weighted by atomic mass is 10.1. The molecule has 0 saturated carbocycles. The number of amides is 1. The molecule has 7 nitrogen and oxygen atoms in total. The van der Waals surface area contributed by atoms with Crippen LogP contribution in [0.2, 0.25) is 0 Å². The molecule has 0 radical (unpaired) electrons. The maximum Gasteiger partial charge on any atom is 0.329 e. The van der Waals surface area contributed by atoms with Crippen LogP contribution in [-0.4, -0.2) is 47.8 Å². The summed E-state index contributed by atoms with van der Waals surface area (Å²) in [5.74, 6) is -2.06. The van der Waals surface area contributed by atoms with E-state index in [1.165, 1.54) is 51.4 Å². The van der Waals surface area contributed by atoms with E-state index in [1.807, 2.05) is 0 Å². The van der Waals surface area contributed by atoms with Crippen LogP contribution in [0.5, 0.6) is 0 Å². The lowest BCUT2D eigenvalue weighted by Gasteiger charge is -2.24. The largest absolute Gasteiger partial charge is 0.481 e. The van der Waals surface area contributed by atoms with Crippen molar-refractivity contribution in [3.8, 4) is 0 Å². The van der Waals surface area contributed by atoms with Gasteiger partial charge in [0, 0.05) is 26.1 Å². The second-order valence-electron chi connectivity index (χ2n) is 9.13. The van der Waals surface area contributed by atoms with Crippen LogP contribution >= 0.6 is 0 Å². The summed E-state index contributed by atoms with van der Waals surface area (Å²) in [4.78, 5) is 34.9. The van der Waals surface area contributed by atoms with E-state index in [4.69, 9.17) is 14.6 Å². The summed E-state index contributed by atoms with van der Waals surface area (Å²) < 4.78 is 11.0. The Labute approximate surface area is 188 Å².